The fraction of sp³-hybridized carbons (Fsp3) is 0.227. The molecule has 138 valence electrons. The Bertz CT molecular complexity index is 951. The lowest BCUT2D eigenvalue weighted by Crippen LogP contribution is -2.20. The largest absolute Gasteiger partial charge is 0.486 e. The van der Waals surface area contributed by atoms with Gasteiger partial charge in [-0.2, -0.15) is 0 Å². The van der Waals surface area contributed by atoms with Crippen molar-refractivity contribution in [3.05, 3.63) is 66.5 Å². The summed E-state index contributed by atoms with van der Waals surface area (Å²) in [5, 5.41) is 5.06. The number of amides is 1. The highest BCUT2D eigenvalue weighted by Crippen LogP contribution is 2.25. The number of hydrogen-bond acceptors (Lipinski definition) is 4. The molecule has 1 heterocycles. The summed E-state index contributed by atoms with van der Waals surface area (Å²) in [6, 6.07) is 15.0. The van der Waals surface area contributed by atoms with Crippen LogP contribution in [0, 0.1) is 0 Å². The van der Waals surface area contributed by atoms with Crippen molar-refractivity contribution in [1.29, 1.82) is 0 Å². The smallest absolute Gasteiger partial charge is 0.231 e. The second-order valence-corrected chi connectivity index (χ2v) is 6.45. The molecule has 1 amide bonds. The molecule has 0 radical (unpaired) electrons. The highest BCUT2D eigenvalue weighted by Gasteiger charge is 2.19. The number of carbonyl (C=O) groups is 2. The third kappa shape index (κ3) is 4.70. The first kappa shape index (κ1) is 18.6. The van der Waals surface area contributed by atoms with E-state index in [1.807, 2.05) is 43.3 Å². The van der Waals surface area contributed by atoms with Gasteiger partial charge in [-0.1, -0.05) is 25.1 Å². The van der Waals surface area contributed by atoms with Crippen LogP contribution in [0.5, 0.6) is 5.75 Å². The minimum atomic E-state index is -0.264. The Morgan fingerprint density at radius 1 is 1.07 bits per heavy atom. The number of hydrogen-bond donors (Lipinski definition) is 1. The molecule has 1 unspecified atom stereocenters. The molecule has 0 aliphatic heterocycles. The normalized spacial score (nSPS) is 11.8. The Balaban J connectivity index is 1.72. The molecule has 2 aromatic carbocycles. The molecule has 27 heavy (non-hydrogen) atoms. The van der Waals surface area contributed by atoms with Gasteiger partial charge in [0, 0.05) is 23.5 Å². The van der Waals surface area contributed by atoms with E-state index in [4.69, 9.17) is 4.74 Å². The van der Waals surface area contributed by atoms with Crippen LogP contribution in [0.15, 0.2) is 60.9 Å². The summed E-state index contributed by atoms with van der Waals surface area (Å²) >= 11 is 0. The number of aromatic nitrogens is 1. The Hall–Kier alpha value is -3.21. The topological polar surface area (TPSA) is 68.3 Å². The van der Waals surface area contributed by atoms with Crippen LogP contribution in [0.4, 0.5) is 5.69 Å². The van der Waals surface area contributed by atoms with E-state index in [9.17, 15) is 9.59 Å². The zero-order valence-electron chi connectivity index (χ0n) is 15.4. The lowest BCUT2D eigenvalue weighted by Gasteiger charge is -2.16. The van der Waals surface area contributed by atoms with Crippen molar-refractivity contribution in [2.75, 3.05) is 11.9 Å². The molecule has 0 saturated heterocycles. The third-order valence-corrected chi connectivity index (χ3v) is 4.36. The van der Waals surface area contributed by atoms with E-state index in [0.717, 1.165) is 22.0 Å². The first-order valence-electron chi connectivity index (χ1n) is 8.93. The van der Waals surface area contributed by atoms with Crippen molar-refractivity contribution in [3.63, 3.8) is 0 Å². The number of benzene rings is 2. The van der Waals surface area contributed by atoms with Crippen LogP contribution >= 0.6 is 0 Å². The van der Waals surface area contributed by atoms with E-state index >= 15 is 0 Å². The molecule has 1 N–H and O–H groups in total. The summed E-state index contributed by atoms with van der Waals surface area (Å²) in [6.07, 6.45) is 4.21. The molecule has 5 nitrogen and oxygen atoms in total. The molecule has 3 aromatic rings. The summed E-state index contributed by atoms with van der Waals surface area (Å²) in [6.45, 7) is 3.51. The van der Waals surface area contributed by atoms with E-state index in [1.54, 1.807) is 24.5 Å². The molecular formula is C22H22N2O3. The number of anilines is 1. The standard InChI is InChI=1S/C22H22N2O3/c1-3-21(16-5-8-20(9-6-16)27-14-15(2)25)22(26)24-19-7-4-18-13-23-11-10-17(18)12-19/h4-13,21H,3,14H2,1-2H3,(H,24,26). The monoisotopic (exact) mass is 362 g/mol. The molecule has 3 rings (SSSR count). The minimum absolute atomic E-state index is 0.0314. The maximum Gasteiger partial charge on any atom is 0.231 e. The predicted octanol–water partition coefficient (Wildman–Crippen LogP) is 4.33. The van der Waals surface area contributed by atoms with Gasteiger partial charge in [0.25, 0.3) is 0 Å². The number of pyridine rings is 1. The van der Waals surface area contributed by atoms with Crippen LogP contribution in [0.25, 0.3) is 10.8 Å². The molecule has 0 aliphatic carbocycles. The SMILES string of the molecule is CCC(C(=O)Nc1ccc2cnccc2c1)c1ccc(OCC(C)=O)cc1. The minimum Gasteiger partial charge on any atom is -0.486 e. The molecular weight excluding hydrogens is 340 g/mol. The van der Waals surface area contributed by atoms with E-state index < -0.39 is 0 Å². The first-order valence-corrected chi connectivity index (χ1v) is 8.93. The maximum absolute atomic E-state index is 12.8. The van der Waals surface area contributed by atoms with Gasteiger partial charge in [-0.05, 0) is 54.6 Å². The Morgan fingerprint density at radius 3 is 2.56 bits per heavy atom. The van der Waals surface area contributed by atoms with E-state index in [0.29, 0.717) is 12.2 Å². The molecule has 1 aromatic heterocycles. The number of fused-ring (bicyclic) bond motifs is 1. The quantitative estimate of drug-likeness (QED) is 0.679. The van der Waals surface area contributed by atoms with Crippen LogP contribution in [0.1, 0.15) is 31.7 Å². The van der Waals surface area contributed by atoms with Crippen LogP contribution in [-0.2, 0) is 9.59 Å². The highest BCUT2D eigenvalue weighted by molar-refractivity contribution is 5.97. The summed E-state index contributed by atoms with van der Waals surface area (Å²) in [7, 11) is 0. The first-order chi connectivity index (χ1) is 13.1. The van der Waals surface area contributed by atoms with Gasteiger partial charge in [-0.3, -0.25) is 14.6 Å². The molecule has 0 bridgehead atoms. The average Bonchev–Trinajstić information content (AvgIpc) is 2.68. The summed E-state index contributed by atoms with van der Waals surface area (Å²) in [5.41, 5.74) is 1.67. The van der Waals surface area contributed by atoms with Gasteiger partial charge < -0.3 is 10.1 Å². The van der Waals surface area contributed by atoms with E-state index in [-0.39, 0.29) is 24.2 Å². The average molecular weight is 362 g/mol. The second kappa shape index (κ2) is 8.45. The van der Waals surface area contributed by atoms with Crippen molar-refractivity contribution in [1.82, 2.24) is 4.98 Å². The number of rotatable bonds is 7. The Morgan fingerprint density at radius 2 is 1.85 bits per heavy atom. The van der Waals surface area contributed by atoms with Crippen molar-refractivity contribution >= 4 is 28.2 Å². The van der Waals surface area contributed by atoms with Gasteiger partial charge in [-0.25, -0.2) is 0 Å². The van der Waals surface area contributed by atoms with Crippen molar-refractivity contribution < 1.29 is 14.3 Å². The van der Waals surface area contributed by atoms with Crippen molar-refractivity contribution in [2.24, 2.45) is 0 Å². The number of carbonyl (C=O) groups excluding carboxylic acids is 2. The van der Waals surface area contributed by atoms with Crippen LogP contribution < -0.4 is 10.1 Å². The number of Topliss-reactive ketones (excluding diaryl/α,β-unsaturated/α-hetero) is 1. The Labute approximate surface area is 158 Å². The highest BCUT2D eigenvalue weighted by atomic mass is 16.5. The summed E-state index contributed by atoms with van der Waals surface area (Å²) in [5.74, 6) is 0.270. The number of nitrogens with one attached hydrogen (secondary N) is 1. The van der Waals surface area contributed by atoms with Gasteiger partial charge in [-0.15, -0.1) is 0 Å². The lowest BCUT2D eigenvalue weighted by atomic mass is 9.95. The van der Waals surface area contributed by atoms with Crippen LogP contribution in [0.3, 0.4) is 0 Å². The van der Waals surface area contributed by atoms with E-state index in [1.165, 1.54) is 6.92 Å². The zero-order valence-corrected chi connectivity index (χ0v) is 15.4. The summed E-state index contributed by atoms with van der Waals surface area (Å²) < 4.78 is 5.38. The fourth-order valence-corrected chi connectivity index (χ4v) is 2.94. The van der Waals surface area contributed by atoms with Gasteiger partial charge in [0.1, 0.15) is 12.4 Å². The van der Waals surface area contributed by atoms with Gasteiger partial charge >= 0.3 is 0 Å². The molecule has 0 spiro atoms. The van der Waals surface area contributed by atoms with Gasteiger partial charge in [0.2, 0.25) is 5.91 Å². The molecule has 0 aliphatic rings. The van der Waals surface area contributed by atoms with Crippen LogP contribution in [0.2, 0.25) is 0 Å². The van der Waals surface area contributed by atoms with Gasteiger partial charge in [0.05, 0.1) is 5.92 Å². The third-order valence-electron chi connectivity index (χ3n) is 4.36. The lowest BCUT2D eigenvalue weighted by molar-refractivity contribution is -0.119. The molecule has 0 saturated carbocycles. The molecule has 5 heteroatoms. The van der Waals surface area contributed by atoms with Crippen molar-refractivity contribution in [2.45, 2.75) is 26.2 Å². The van der Waals surface area contributed by atoms with Gasteiger partial charge in [0.15, 0.2) is 5.78 Å². The fourth-order valence-electron chi connectivity index (χ4n) is 2.94. The molecule has 1 atom stereocenters. The maximum atomic E-state index is 12.8. The number of nitrogens with zero attached hydrogens (tertiary/aromatic N) is 1. The zero-order chi connectivity index (χ0) is 19.2. The molecule has 0 fully saturated rings. The van der Waals surface area contributed by atoms with Crippen LogP contribution in [-0.4, -0.2) is 23.3 Å². The van der Waals surface area contributed by atoms with Crippen molar-refractivity contribution in [3.8, 4) is 5.75 Å². The summed E-state index contributed by atoms with van der Waals surface area (Å²) in [4.78, 5) is 27.9. The van der Waals surface area contributed by atoms with E-state index in [2.05, 4.69) is 10.3 Å². The number of ketones is 1. The second-order valence-electron chi connectivity index (χ2n) is 6.45. The Kier molecular flexibility index (Phi) is 5.81. The number of ether oxygens (including phenoxy) is 1. The predicted molar refractivity (Wildman–Crippen MR) is 106 cm³/mol.